The number of nitrogens with one attached hydrogen (secondary N) is 2. The lowest BCUT2D eigenvalue weighted by Crippen LogP contribution is -2.36. The standard InChI is InChI=1S/C43H42F9N7O5S2/c1-42(2,65(61,62)24-4-5-24)12-11-23-3-8-26(27-9-10-30(46)35-38(27)58(18-32(47)48)56-41(35)57-66(63,64)25-6-7-25)36(53-23)31(15-20-13-21(44)16-22(45)14-20)54-33(60)19-59-39-34(37(55-59)40(49)50)28-17-29(28)43(39,51)52/h3,8-10,13-14,16,24-25,28-29,31-32,40H,4-7,11-12,15,17-19H2,1-2H3,(H,54,60)(H,56,57)/t28-,29?,31-/m0/s1. The highest BCUT2D eigenvalue weighted by atomic mass is 32.2. The van der Waals surface area contributed by atoms with Gasteiger partial charge < -0.3 is 5.32 Å². The van der Waals surface area contributed by atoms with Gasteiger partial charge in [-0.05, 0) is 107 Å². The molecule has 0 bridgehead atoms. The molecule has 354 valence electrons. The number of carbonyl (C=O) groups is 1. The summed E-state index contributed by atoms with van der Waals surface area (Å²) in [6, 6.07) is 5.89. The number of aromatic nitrogens is 5. The SMILES string of the molecule is CC(C)(CCc1ccc(-c2ccc(F)c3c(NS(=O)(=O)C4CC4)nn(CC(F)F)c23)c([C@H](Cc2cc(F)cc(F)c2)NC(=O)Cn2nc(C(F)F)c3c2C(F)(F)C2C[C@H]32)n1)S(=O)(=O)C1CC1. The van der Waals surface area contributed by atoms with Gasteiger partial charge in [-0.25, -0.2) is 47.6 Å². The Bertz CT molecular complexity index is 2990. The molecule has 3 aromatic heterocycles. The molecule has 0 spiro atoms. The van der Waals surface area contributed by atoms with Crippen LogP contribution >= 0.6 is 0 Å². The first-order valence-corrected chi connectivity index (χ1v) is 24.3. The molecule has 3 atom stereocenters. The number of halogens is 9. The Balaban J connectivity index is 1.19. The van der Waals surface area contributed by atoms with Crippen LogP contribution in [0.15, 0.2) is 42.5 Å². The first-order chi connectivity index (χ1) is 31.0. The van der Waals surface area contributed by atoms with E-state index in [2.05, 4.69) is 20.2 Å². The number of pyridine rings is 1. The molecule has 5 aromatic rings. The molecule has 0 radical (unpaired) electrons. The monoisotopic (exact) mass is 971 g/mol. The van der Waals surface area contributed by atoms with Crippen LogP contribution in [0.5, 0.6) is 0 Å². The molecule has 23 heteroatoms. The number of fused-ring (bicyclic) bond motifs is 4. The summed E-state index contributed by atoms with van der Waals surface area (Å²) in [6.07, 6.45) is -5.26. The second-order valence-corrected chi connectivity index (χ2v) is 22.9. The van der Waals surface area contributed by atoms with E-state index < -0.39 is 137 Å². The van der Waals surface area contributed by atoms with Gasteiger partial charge in [0.05, 0.1) is 37.9 Å². The number of sulfonamides is 1. The summed E-state index contributed by atoms with van der Waals surface area (Å²) >= 11 is 0. The fraction of sp³-hybridized carbons (Fsp3) is 0.488. The van der Waals surface area contributed by atoms with Crippen LogP contribution in [0.1, 0.15) is 105 Å². The molecule has 3 fully saturated rings. The average Bonchev–Trinajstić information content (AvgIpc) is 4.11. The van der Waals surface area contributed by atoms with E-state index in [0.717, 1.165) is 18.2 Å². The minimum absolute atomic E-state index is 0.00995. The third kappa shape index (κ3) is 8.42. The van der Waals surface area contributed by atoms with E-state index in [4.69, 9.17) is 4.98 Å². The molecule has 2 aromatic carbocycles. The Morgan fingerprint density at radius 2 is 1.55 bits per heavy atom. The van der Waals surface area contributed by atoms with Gasteiger partial charge in [-0.3, -0.25) is 23.9 Å². The van der Waals surface area contributed by atoms with Crippen molar-refractivity contribution in [1.82, 2.24) is 29.9 Å². The summed E-state index contributed by atoms with van der Waals surface area (Å²) < 4.78 is 188. The number of hydrogen-bond acceptors (Lipinski definition) is 8. The van der Waals surface area contributed by atoms with Crippen molar-refractivity contribution in [2.75, 3.05) is 4.72 Å². The maximum atomic E-state index is 16.0. The molecule has 4 aliphatic rings. The number of nitrogens with zero attached hydrogens (tertiary/aromatic N) is 5. The number of hydrogen-bond donors (Lipinski definition) is 2. The van der Waals surface area contributed by atoms with Crippen LogP contribution in [-0.4, -0.2) is 69.0 Å². The van der Waals surface area contributed by atoms with Gasteiger partial charge in [-0.2, -0.15) is 19.0 Å². The average molecular weight is 972 g/mol. The molecule has 4 aliphatic carbocycles. The summed E-state index contributed by atoms with van der Waals surface area (Å²) in [5.41, 5.74) is -2.56. The summed E-state index contributed by atoms with van der Waals surface area (Å²) in [5.74, 6) is -10.5. The number of aryl methyl sites for hydroxylation is 1. The summed E-state index contributed by atoms with van der Waals surface area (Å²) in [5, 5.41) is 8.56. The Kier molecular flexibility index (Phi) is 11.3. The van der Waals surface area contributed by atoms with Crippen molar-refractivity contribution in [3.8, 4) is 11.1 Å². The van der Waals surface area contributed by atoms with Crippen LogP contribution in [0.4, 0.5) is 45.3 Å². The molecule has 12 nitrogen and oxygen atoms in total. The fourth-order valence-corrected chi connectivity index (χ4v) is 12.5. The van der Waals surface area contributed by atoms with Crippen molar-refractivity contribution < 1.29 is 61.1 Å². The maximum absolute atomic E-state index is 16.0. The molecule has 1 amide bonds. The number of rotatable bonds is 18. The van der Waals surface area contributed by atoms with E-state index >= 15 is 13.2 Å². The second-order valence-electron chi connectivity index (χ2n) is 18.1. The normalized spacial score (nSPS) is 19.7. The molecule has 9 rings (SSSR count). The molecule has 66 heavy (non-hydrogen) atoms. The predicted molar refractivity (Wildman–Crippen MR) is 222 cm³/mol. The van der Waals surface area contributed by atoms with Gasteiger partial charge in [0.2, 0.25) is 15.9 Å². The van der Waals surface area contributed by atoms with Crippen LogP contribution in [0.2, 0.25) is 0 Å². The van der Waals surface area contributed by atoms with E-state index in [1.165, 1.54) is 18.2 Å². The van der Waals surface area contributed by atoms with Crippen LogP contribution in [0.3, 0.4) is 0 Å². The third-order valence-electron chi connectivity index (χ3n) is 12.8. The van der Waals surface area contributed by atoms with Gasteiger partial charge in [0, 0.05) is 34.4 Å². The van der Waals surface area contributed by atoms with Crippen LogP contribution < -0.4 is 10.0 Å². The lowest BCUT2D eigenvalue weighted by Gasteiger charge is -2.26. The zero-order valence-electron chi connectivity index (χ0n) is 35.1. The summed E-state index contributed by atoms with van der Waals surface area (Å²) in [7, 11) is -7.73. The summed E-state index contributed by atoms with van der Waals surface area (Å²) in [6.45, 7) is 0.926. The van der Waals surface area contributed by atoms with Gasteiger partial charge in [-0.1, -0.05) is 6.07 Å². The minimum atomic E-state index is -4.13. The smallest absolute Gasteiger partial charge is 0.293 e. The van der Waals surface area contributed by atoms with Crippen molar-refractivity contribution in [2.45, 2.75) is 124 Å². The van der Waals surface area contributed by atoms with Crippen molar-refractivity contribution in [1.29, 1.82) is 0 Å². The van der Waals surface area contributed by atoms with Crippen molar-refractivity contribution >= 4 is 42.5 Å². The number of carbonyl (C=O) groups excluding carboxylic acids is 1. The minimum Gasteiger partial charge on any atom is -0.346 e. The van der Waals surface area contributed by atoms with Crippen LogP contribution in [0, 0.1) is 23.4 Å². The summed E-state index contributed by atoms with van der Waals surface area (Å²) in [4.78, 5) is 19.0. The largest absolute Gasteiger partial charge is 0.346 e. The molecule has 3 saturated carbocycles. The molecule has 0 aliphatic heterocycles. The Morgan fingerprint density at radius 3 is 2.18 bits per heavy atom. The quantitative estimate of drug-likeness (QED) is 0.0829. The van der Waals surface area contributed by atoms with Crippen LogP contribution in [-0.2, 0) is 56.5 Å². The Labute approximate surface area is 372 Å². The van der Waals surface area contributed by atoms with Crippen molar-refractivity contribution in [3.63, 3.8) is 0 Å². The fourth-order valence-electron chi connectivity index (χ4n) is 9.11. The van der Waals surface area contributed by atoms with Crippen molar-refractivity contribution in [3.05, 3.63) is 93.8 Å². The van der Waals surface area contributed by atoms with Crippen LogP contribution in [0.25, 0.3) is 22.0 Å². The Hall–Kier alpha value is -5.19. The lowest BCUT2D eigenvalue weighted by molar-refractivity contribution is -0.123. The highest BCUT2D eigenvalue weighted by Gasteiger charge is 2.67. The van der Waals surface area contributed by atoms with E-state index in [9.17, 15) is 48.0 Å². The third-order valence-corrected chi connectivity index (χ3v) is 17.8. The molecule has 0 saturated heterocycles. The lowest BCUT2D eigenvalue weighted by atomic mass is 9.93. The van der Waals surface area contributed by atoms with Crippen molar-refractivity contribution in [2.24, 2.45) is 5.92 Å². The number of amides is 1. The molecule has 1 unspecified atom stereocenters. The van der Waals surface area contributed by atoms with Gasteiger partial charge in [0.25, 0.3) is 18.8 Å². The second kappa shape index (κ2) is 16.3. The zero-order valence-corrected chi connectivity index (χ0v) is 36.8. The van der Waals surface area contributed by atoms with E-state index in [1.807, 2.05) is 0 Å². The number of anilines is 1. The zero-order chi connectivity index (χ0) is 47.4. The molecular weight excluding hydrogens is 930 g/mol. The van der Waals surface area contributed by atoms with Gasteiger partial charge in [0.15, 0.2) is 15.7 Å². The molecular formula is C43H42F9N7O5S2. The van der Waals surface area contributed by atoms with Gasteiger partial charge in [-0.15, -0.1) is 0 Å². The first-order valence-electron chi connectivity index (χ1n) is 21.2. The van der Waals surface area contributed by atoms with Gasteiger partial charge in [0.1, 0.15) is 41.9 Å². The first kappa shape index (κ1) is 45.9. The highest BCUT2D eigenvalue weighted by molar-refractivity contribution is 7.93. The number of sulfone groups is 1. The molecule has 3 heterocycles. The highest BCUT2D eigenvalue weighted by Crippen LogP contribution is 2.68. The van der Waals surface area contributed by atoms with E-state index in [-0.39, 0.29) is 58.4 Å². The van der Waals surface area contributed by atoms with E-state index in [1.54, 1.807) is 13.8 Å². The predicted octanol–water partition coefficient (Wildman–Crippen LogP) is 8.42. The maximum Gasteiger partial charge on any atom is 0.293 e. The van der Waals surface area contributed by atoms with E-state index in [0.29, 0.717) is 41.1 Å². The topological polar surface area (TPSA) is 158 Å². The number of alkyl halides is 6. The van der Waals surface area contributed by atoms with Gasteiger partial charge >= 0.3 is 0 Å². The Morgan fingerprint density at radius 1 is 0.879 bits per heavy atom. The molecule has 2 N–H and O–H groups in total. The number of benzene rings is 2.